The van der Waals surface area contributed by atoms with Gasteiger partial charge in [0, 0.05) is 48.8 Å². The fourth-order valence-corrected chi connectivity index (χ4v) is 2.92. The lowest BCUT2D eigenvalue weighted by molar-refractivity contribution is 0.192. The second kappa shape index (κ2) is 6.79. The zero-order chi connectivity index (χ0) is 13.8. The van der Waals surface area contributed by atoms with Gasteiger partial charge in [-0.3, -0.25) is 0 Å². The molecule has 0 spiro atoms. The highest BCUT2D eigenvalue weighted by Crippen LogP contribution is 2.17. The minimum Gasteiger partial charge on any atom is -0.310 e. The van der Waals surface area contributed by atoms with Gasteiger partial charge in [-0.25, -0.2) is 4.39 Å². The first kappa shape index (κ1) is 14.9. The first-order valence-corrected chi connectivity index (χ1v) is 7.38. The average Bonchev–Trinajstić information content (AvgIpc) is 2.34. The SMILES string of the molecule is CN1CCNC(CN(C)Cc2cc(Br)ccc2F)C1. The van der Waals surface area contributed by atoms with E-state index in [2.05, 4.69) is 38.1 Å². The van der Waals surface area contributed by atoms with Crippen LogP contribution in [0.1, 0.15) is 5.56 Å². The molecule has 1 unspecified atom stereocenters. The van der Waals surface area contributed by atoms with Gasteiger partial charge in [0.2, 0.25) is 0 Å². The normalized spacial score (nSPS) is 21.0. The monoisotopic (exact) mass is 329 g/mol. The zero-order valence-corrected chi connectivity index (χ0v) is 13.1. The molecule has 1 saturated heterocycles. The third kappa shape index (κ3) is 4.53. The standard InChI is InChI=1S/C14H21BrFN3/c1-18-6-5-17-13(9-18)10-19(2)8-11-7-12(15)3-4-14(11)16/h3-4,7,13,17H,5-6,8-10H2,1-2H3. The molecule has 0 radical (unpaired) electrons. The van der Waals surface area contributed by atoms with Crippen LogP contribution in [0.3, 0.4) is 0 Å². The first-order valence-electron chi connectivity index (χ1n) is 6.59. The molecule has 1 atom stereocenters. The maximum atomic E-state index is 13.7. The molecular weight excluding hydrogens is 309 g/mol. The number of piperazine rings is 1. The molecular formula is C14H21BrFN3. The summed E-state index contributed by atoms with van der Waals surface area (Å²) >= 11 is 3.39. The second-order valence-electron chi connectivity index (χ2n) is 5.35. The van der Waals surface area contributed by atoms with Gasteiger partial charge >= 0.3 is 0 Å². The topological polar surface area (TPSA) is 18.5 Å². The van der Waals surface area contributed by atoms with E-state index in [0.29, 0.717) is 12.6 Å². The molecule has 1 aromatic rings. The van der Waals surface area contributed by atoms with Gasteiger partial charge in [-0.15, -0.1) is 0 Å². The van der Waals surface area contributed by atoms with Crippen LogP contribution in [0.5, 0.6) is 0 Å². The van der Waals surface area contributed by atoms with E-state index >= 15 is 0 Å². The van der Waals surface area contributed by atoms with E-state index < -0.39 is 0 Å². The van der Waals surface area contributed by atoms with E-state index in [0.717, 1.165) is 36.2 Å². The quantitative estimate of drug-likeness (QED) is 0.910. The van der Waals surface area contributed by atoms with Crippen molar-refractivity contribution in [3.63, 3.8) is 0 Å². The molecule has 1 N–H and O–H groups in total. The Morgan fingerprint density at radius 1 is 1.53 bits per heavy atom. The van der Waals surface area contributed by atoms with Crippen LogP contribution in [0.4, 0.5) is 4.39 Å². The highest BCUT2D eigenvalue weighted by atomic mass is 79.9. The Kier molecular flexibility index (Phi) is 5.33. The Labute approximate surface area is 122 Å². The van der Waals surface area contributed by atoms with Gasteiger partial charge in [0.1, 0.15) is 5.82 Å². The zero-order valence-electron chi connectivity index (χ0n) is 11.5. The molecule has 0 aromatic heterocycles. The average molecular weight is 330 g/mol. The molecule has 0 saturated carbocycles. The smallest absolute Gasteiger partial charge is 0.127 e. The molecule has 19 heavy (non-hydrogen) atoms. The van der Waals surface area contributed by atoms with Gasteiger partial charge in [0.05, 0.1) is 0 Å². The molecule has 0 aliphatic carbocycles. The van der Waals surface area contributed by atoms with Crippen LogP contribution >= 0.6 is 15.9 Å². The highest BCUT2D eigenvalue weighted by Gasteiger charge is 2.18. The summed E-state index contributed by atoms with van der Waals surface area (Å²) in [6.45, 7) is 4.73. The van der Waals surface area contributed by atoms with Gasteiger partial charge < -0.3 is 15.1 Å². The summed E-state index contributed by atoms with van der Waals surface area (Å²) in [5.74, 6) is -0.135. The third-order valence-electron chi connectivity index (χ3n) is 3.44. The van der Waals surface area contributed by atoms with Crippen molar-refractivity contribution < 1.29 is 4.39 Å². The number of hydrogen-bond acceptors (Lipinski definition) is 3. The number of rotatable bonds is 4. The van der Waals surface area contributed by atoms with Crippen LogP contribution < -0.4 is 5.32 Å². The largest absolute Gasteiger partial charge is 0.310 e. The van der Waals surface area contributed by atoms with Crippen LogP contribution in [-0.2, 0) is 6.54 Å². The molecule has 0 bridgehead atoms. The van der Waals surface area contributed by atoms with Crippen molar-refractivity contribution in [1.29, 1.82) is 0 Å². The summed E-state index contributed by atoms with van der Waals surface area (Å²) in [4.78, 5) is 4.50. The van der Waals surface area contributed by atoms with Gasteiger partial charge in [-0.05, 0) is 32.3 Å². The lowest BCUT2D eigenvalue weighted by Crippen LogP contribution is -2.53. The number of nitrogens with one attached hydrogen (secondary N) is 1. The van der Waals surface area contributed by atoms with Crippen molar-refractivity contribution >= 4 is 15.9 Å². The maximum absolute atomic E-state index is 13.7. The van der Waals surface area contributed by atoms with Gasteiger partial charge in [-0.2, -0.15) is 0 Å². The van der Waals surface area contributed by atoms with E-state index in [1.807, 2.05) is 13.1 Å². The highest BCUT2D eigenvalue weighted by molar-refractivity contribution is 9.10. The van der Waals surface area contributed by atoms with Crippen molar-refractivity contribution in [1.82, 2.24) is 15.1 Å². The minimum atomic E-state index is -0.135. The number of nitrogens with zero attached hydrogens (tertiary/aromatic N) is 2. The Morgan fingerprint density at radius 2 is 2.32 bits per heavy atom. The molecule has 1 aliphatic heterocycles. The van der Waals surface area contributed by atoms with Crippen LogP contribution in [0, 0.1) is 5.82 Å². The fourth-order valence-electron chi connectivity index (χ4n) is 2.51. The number of benzene rings is 1. The van der Waals surface area contributed by atoms with Crippen LogP contribution in [-0.4, -0.2) is 56.1 Å². The molecule has 0 amide bonds. The first-order chi connectivity index (χ1) is 9.04. The summed E-state index contributed by atoms with van der Waals surface area (Å²) in [6.07, 6.45) is 0. The number of likely N-dealkylation sites (N-methyl/N-ethyl adjacent to an activating group) is 2. The molecule has 1 heterocycles. The molecule has 1 aliphatic rings. The Morgan fingerprint density at radius 3 is 3.05 bits per heavy atom. The summed E-state index contributed by atoms with van der Waals surface area (Å²) in [7, 11) is 4.18. The van der Waals surface area contributed by atoms with Crippen molar-refractivity contribution in [3.05, 3.63) is 34.1 Å². The van der Waals surface area contributed by atoms with Crippen molar-refractivity contribution in [3.8, 4) is 0 Å². The van der Waals surface area contributed by atoms with E-state index in [1.165, 1.54) is 6.07 Å². The summed E-state index contributed by atoms with van der Waals surface area (Å²) in [5.41, 5.74) is 0.737. The minimum absolute atomic E-state index is 0.135. The predicted molar refractivity (Wildman–Crippen MR) is 79.7 cm³/mol. The van der Waals surface area contributed by atoms with Gasteiger partial charge in [0.15, 0.2) is 0 Å². The third-order valence-corrected chi connectivity index (χ3v) is 3.93. The van der Waals surface area contributed by atoms with Crippen molar-refractivity contribution in [2.75, 3.05) is 40.3 Å². The second-order valence-corrected chi connectivity index (χ2v) is 6.26. The predicted octanol–water partition coefficient (Wildman–Crippen LogP) is 1.92. The fraction of sp³-hybridized carbons (Fsp3) is 0.571. The van der Waals surface area contributed by atoms with Crippen LogP contribution in [0.2, 0.25) is 0 Å². The Hall–Kier alpha value is -0.490. The van der Waals surface area contributed by atoms with E-state index in [4.69, 9.17) is 0 Å². The van der Waals surface area contributed by atoms with Crippen molar-refractivity contribution in [2.24, 2.45) is 0 Å². The van der Waals surface area contributed by atoms with E-state index in [9.17, 15) is 4.39 Å². The van der Waals surface area contributed by atoms with Crippen LogP contribution in [0.25, 0.3) is 0 Å². The Bertz CT molecular complexity index is 427. The lowest BCUT2D eigenvalue weighted by atomic mass is 10.1. The maximum Gasteiger partial charge on any atom is 0.127 e. The van der Waals surface area contributed by atoms with Gasteiger partial charge in [0.25, 0.3) is 0 Å². The van der Waals surface area contributed by atoms with Crippen molar-refractivity contribution in [2.45, 2.75) is 12.6 Å². The number of hydrogen-bond donors (Lipinski definition) is 1. The van der Waals surface area contributed by atoms with E-state index in [1.54, 1.807) is 6.07 Å². The number of halogens is 2. The molecule has 5 heteroatoms. The molecule has 2 rings (SSSR count). The Balaban J connectivity index is 1.89. The lowest BCUT2D eigenvalue weighted by Gasteiger charge is -2.33. The molecule has 1 aromatic carbocycles. The van der Waals surface area contributed by atoms with E-state index in [-0.39, 0.29) is 5.82 Å². The summed E-state index contributed by atoms with van der Waals surface area (Å²) in [6, 6.07) is 5.56. The summed E-state index contributed by atoms with van der Waals surface area (Å²) in [5, 5.41) is 3.51. The molecule has 106 valence electrons. The van der Waals surface area contributed by atoms with Gasteiger partial charge in [-0.1, -0.05) is 15.9 Å². The molecule has 3 nitrogen and oxygen atoms in total. The summed E-state index contributed by atoms with van der Waals surface area (Å²) < 4.78 is 14.6. The molecule has 1 fully saturated rings. The van der Waals surface area contributed by atoms with Crippen LogP contribution in [0.15, 0.2) is 22.7 Å².